The molecule has 2 rings (SSSR count). The number of nitrogens with one attached hydrogen (secondary N) is 2. The molecule has 7 heteroatoms. The number of nitrogens with zero attached hydrogens (tertiary/aromatic N) is 1. The molecule has 0 radical (unpaired) electrons. The molecule has 166 valence electrons. The third kappa shape index (κ3) is 6.57. The fourth-order valence-electron chi connectivity index (χ4n) is 3.15. The second kappa shape index (κ2) is 11.2. The number of hydrogen-bond acceptors (Lipinski definition) is 4. The van der Waals surface area contributed by atoms with Crippen molar-refractivity contribution in [1.29, 1.82) is 0 Å². The Labute approximate surface area is 183 Å². The molecular formula is C24H31N3O4. The first kappa shape index (κ1) is 23.9. The van der Waals surface area contributed by atoms with Crippen LogP contribution in [0.1, 0.15) is 36.7 Å². The van der Waals surface area contributed by atoms with Gasteiger partial charge in [0.05, 0.1) is 13.7 Å². The van der Waals surface area contributed by atoms with Gasteiger partial charge in [0.25, 0.3) is 5.91 Å². The summed E-state index contributed by atoms with van der Waals surface area (Å²) in [5, 5.41) is 5.65. The van der Waals surface area contributed by atoms with Crippen molar-refractivity contribution < 1.29 is 19.1 Å². The van der Waals surface area contributed by atoms with Gasteiger partial charge >= 0.3 is 0 Å². The van der Waals surface area contributed by atoms with Crippen LogP contribution in [-0.4, -0.2) is 49.4 Å². The van der Waals surface area contributed by atoms with Gasteiger partial charge in [-0.15, -0.1) is 0 Å². The van der Waals surface area contributed by atoms with Gasteiger partial charge in [0.1, 0.15) is 11.8 Å². The lowest BCUT2D eigenvalue weighted by Gasteiger charge is -2.27. The van der Waals surface area contributed by atoms with Crippen LogP contribution in [0.5, 0.6) is 5.75 Å². The summed E-state index contributed by atoms with van der Waals surface area (Å²) in [6.07, 6.45) is 0.790. The van der Waals surface area contributed by atoms with E-state index in [1.165, 1.54) is 4.90 Å². The smallest absolute Gasteiger partial charge is 0.251 e. The lowest BCUT2D eigenvalue weighted by molar-refractivity contribution is -0.135. The number of hydrogen-bond donors (Lipinski definition) is 2. The maximum atomic E-state index is 13.0. The summed E-state index contributed by atoms with van der Waals surface area (Å²) in [7, 11) is 3.11. The maximum Gasteiger partial charge on any atom is 0.251 e. The summed E-state index contributed by atoms with van der Waals surface area (Å²) >= 11 is 0. The average molecular weight is 426 g/mol. The van der Waals surface area contributed by atoms with Gasteiger partial charge in [0, 0.05) is 18.3 Å². The lowest BCUT2D eigenvalue weighted by atomic mass is 10.0. The van der Waals surface area contributed by atoms with Crippen LogP contribution in [0.25, 0.3) is 0 Å². The fourth-order valence-corrected chi connectivity index (χ4v) is 3.15. The van der Waals surface area contributed by atoms with Crippen molar-refractivity contribution in [2.24, 2.45) is 5.92 Å². The predicted molar refractivity (Wildman–Crippen MR) is 121 cm³/mol. The van der Waals surface area contributed by atoms with Crippen molar-refractivity contribution >= 4 is 23.4 Å². The largest absolute Gasteiger partial charge is 0.497 e. The van der Waals surface area contributed by atoms with E-state index >= 15 is 0 Å². The van der Waals surface area contributed by atoms with Gasteiger partial charge in [-0.1, -0.05) is 39.0 Å². The first-order chi connectivity index (χ1) is 14.8. The number of amides is 3. The molecule has 3 amide bonds. The number of likely N-dealkylation sites (N-methyl/N-ethyl adjacent to an activating group) is 1. The highest BCUT2D eigenvalue weighted by atomic mass is 16.5. The highest BCUT2D eigenvalue weighted by Crippen LogP contribution is 2.16. The number of methoxy groups -OCH3 is 1. The molecular weight excluding hydrogens is 394 g/mol. The molecule has 2 aromatic carbocycles. The van der Waals surface area contributed by atoms with E-state index < -0.39 is 6.04 Å². The van der Waals surface area contributed by atoms with Crippen LogP contribution >= 0.6 is 0 Å². The molecule has 0 saturated heterocycles. The van der Waals surface area contributed by atoms with Crippen LogP contribution in [-0.2, 0) is 16.0 Å². The first-order valence-corrected chi connectivity index (χ1v) is 10.3. The van der Waals surface area contributed by atoms with Crippen molar-refractivity contribution in [2.75, 3.05) is 26.0 Å². The molecule has 0 aliphatic heterocycles. The Morgan fingerprint density at radius 2 is 1.68 bits per heavy atom. The Morgan fingerprint density at radius 3 is 2.26 bits per heavy atom. The quantitative estimate of drug-likeness (QED) is 0.646. The van der Waals surface area contributed by atoms with E-state index in [2.05, 4.69) is 10.6 Å². The number of carbonyl (C=O) groups is 3. The molecule has 0 unspecified atom stereocenters. The van der Waals surface area contributed by atoms with Gasteiger partial charge in [-0.05, 0) is 48.2 Å². The van der Waals surface area contributed by atoms with Crippen LogP contribution in [0.3, 0.4) is 0 Å². The molecule has 0 bridgehead atoms. The number of carbonyl (C=O) groups excluding carboxylic acids is 3. The fraction of sp³-hybridized carbons (Fsp3) is 0.375. The predicted octanol–water partition coefficient (Wildman–Crippen LogP) is 3.11. The molecule has 31 heavy (non-hydrogen) atoms. The zero-order valence-corrected chi connectivity index (χ0v) is 18.8. The molecule has 0 heterocycles. The van der Waals surface area contributed by atoms with Crippen LogP contribution in [0.4, 0.5) is 5.69 Å². The van der Waals surface area contributed by atoms with Crippen LogP contribution in [0, 0.1) is 5.92 Å². The molecule has 0 saturated carbocycles. The number of aryl methyl sites for hydroxylation is 1. The van der Waals surface area contributed by atoms with Gasteiger partial charge in [0.15, 0.2) is 0 Å². The minimum absolute atomic E-state index is 0.113. The third-order valence-electron chi connectivity index (χ3n) is 5.00. The van der Waals surface area contributed by atoms with Gasteiger partial charge in [-0.3, -0.25) is 14.4 Å². The summed E-state index contributed by atoms with van der Waals surface area (Å²) in [5.74, 6) is -0.481. The van der Waals surface area contributed by atoms with E-state index in [1.54, 1.807) is 38.4 Å². The van der Waals surface area contributed by atoms with Crippen LogP contribution in [0.2, 0.25) is 0 Å². The number of anilines is 1. The summed E-state index contributed by atoms with van der Waals surface area (Å²) in [6.45, 7) is 5.60. The molecule has 0 aliphatic carbocycles. The topological polar surface area (TPSA) is 87.7 Å². The van der Waals surface area contributed by atoms with E-state index in [-0.39, 0.29) is 30.2 Å². The first-order valence-electron chi connectivity index (χ1n) is 10.3. The molecule has 0 fully saturated rings. The minimum Gasteiger partial charge on any atom is -0.497 e. The van der Waals surface area contributed by atoms with Gasteiger partial charge in [-0.25, -0.2) is 0 Å². The Morgan fingerprint density at radius 1 is 1.03 bits per heavy atom. The molecule has 0 aliphatic rings. The van der Waals surface area contributed by atoms with E-state index in [4.69, 9.17) is 4.74 Å². The third-order valence-corrected chi connectivity index (χ3v) is 5.00. The lowest BCUT2D eigenvalue weighted by Crippen LogP contribution is -2.51. The highest BCUT2D eigenvalue weighted by molar-refractivity contribution is 5.99. The number of para-hydroxylation sites is 1. The SMILES string of the molecule is CCc1ccccc1NC(=O)CN(C)C(=O)[C@@H](NC(=O)c1ccc(OC)cc1)C(C)C. The zero-order chi connectivity index (χ0) is 23.0. The van der Waals surface area contributed by atoms with E-state index in [0.717, 1.165) is 17.7 Å². The zero-order valence-electron chi connectivity index (χ0n) is 18.8. The van der Waals surface area contributed by atoms with E-state index in [1.807, 2.05) is 45.0 Å². The molecule has 0 spiro atoms. The Balaban J connectivity index is 2.02. The van der Waals surface area contributed by atoms with Gasteiger partial charge in [0.2, 0.25) is 11.8 Å². The summed E-state index contributed by atoms with van der Waals surface area (Å²) in [5.41, 5.74) is 2.19. The molecule has 7 nitrogen and oxygen atoms in total. The monoisotopic (exact) mass is 425 g/mol. The number of benzene rings is 2. The average Bonchev–Trinajstić information content (AvgIpc) is 2.76. The Bertz CT molecular complexity index is 909. The summed E-state index contributed by atoms with van der Waals surface area (Å²) in [4.78, 5) is 39.4. The normalized spacial score (nSPS) is 11.5. The Hall–Kier alpha value is -3.35. The van der Waals surface area contributed by atoms with E-state index in [9.17, 15) is 14.4 Å². The highest BCUT2D eigenvalue weighted by Gasteiger charge is 2.28. The molecule has 2 aromatic rings. The van der Waals surface area contributed by atoms with Crippen molar-refractivity contribution in [1.82, 2.24) is 10.2 Å². The minimum atomic E-state index is -0.754. The van der Waals surface area contributed by atoms with Crippen molar-refractivity contribution in [3.05, 3.63) is 59.7 Å². The maximum absolute atomic E-state index is 13.0. The molecule has 0 aromatic heterocycles. The van der Waals surface area contributed by atoms with Crippen molar-refractivity contribution in [3.63, 3.8) is 0 Å². The van der Waals surface area contributed by atoms with Crippen molar-refractivity contribution in [2.45, 2.75) is 33.2 Å². The standard InChI is InChI=1S/C24H31N3O4/c1-6-17-9-7-8-10-20(17)25-21(28)15-27(4)24(30)22(16(2)3)26-23(29)18-11-13-19(31-5)14-12-18/h7-14,16,22H,6,15H2,1-5H3,(H,25,28)(H,26,29)/t22-/m0/s1. The number of ether oxygens (including phenoxy) is 1. The van der Waals surface area contributed by atoms with Gasteiger partial charge in [-0.2, -0.15) is 0 Å². The van der Waals surface area contributed by atoms with Crippen LogP contribution in [0.15, 0.2) is 48.5 Å². The van der Waals surface area contributed by atoms with Crippen LogP contribution < -0.4 is 15.4 Å². The van der Waals surface area contributed by atoms with Crippen molar-refractivity contribution in [3.8, 4) is 5.75 Å². The van der Waals surface area contributed by atoms with E-state index in [0.29, 0.717) is 11.3 Å². The summed E-state index contributed by atoms with van der Waals surface area (Å²) in [6, 6.07) is 13.5. The second-order valence-electron chi connectivity index (χ2n) is 7.68. The number of rotatable bonds is 9. The Kier molecular flexibility index (Phi) is 8.61. The van der Waals surface area contributed by atoms with Gasteiger partial charge < -0.3 is 20.3 Å². The molecule has 1 atom stereocenters. The summed E-state index contributed by atoms with van der Waals surface area (Å²) < 4.78 is 5.10. The molecule has 2 N–H and O–H groups in total. The second-order valence-corrected chi connectivity index (χ2v) is 7.68.